The number of nitrogens with zero attached hydrogens (tertiary/aromatic N) is 4. The predicted octanol–water partition coefficient (Wildman–Crippen LogP) is -0.172. The third-order valence-electron chi connectivity index (χ3n) is 1.68. The zero-order valence-electron chi connectivity index (χ0n) is 6.94. The zero-order valence-corrected chi connectivity index (χ0v) is 6.94. The van der Waals surface area contributed by atoms with Gasteiger partial charge in [0.2, 0.25) is 5.82 Å². The lowest BCUT2D eigenvalue weighted by Gasteiger charge is -2.15. The van der Waals surface area contributed by atoms with E-state index in [1.807, 2.05) is 6.92 Å². The Morgan fingerprint density at radius 1 is 1.64 bits per heavy atom. The number of aryl methyl sites for hydroxylation is 1. The Morgan fingerprint density at radius 2 is 2.27 bits per heavy atom. The highest BCUT2D eigenvalue weighted by molar-refractivity contribution is 4.93. The number of hydrogen-bond acceptors (Lipinski definition) is 4. The molecule has 1 N–H and O–H groups in total. The lowest BCUT2D eigenvalue weighted by molar-refractivity contribution is 0.0433. The number of tetrazole rings is 1. The van der Waals surface area contributed by atoms with Gasteiger partial charge in [0.15, 0.2) is 0 Å². The van der Waals surface area contributed by atoms with Crippen LogP contribution in [0, 0.1) is 0 Å². The summed E-state index contributed by atoms with van der Waals surface area (Å²) in [4.78, 5) is 1.33. The van der Waals surface area contributed by atoms with Gasteiger partial charge < -0.3 is 5.11 Å². The molecule has 0 spiro atoms. The molecule has 0 amide bonds. The first-order chi connectivity index (χ1) is 5.06. The Morgan fingerprint density at radius 3 is 2.64 bits per heavy atom. The molecule has 0 aromatic carbocycles. The molecular weight excluding hydrogens is 144 g/mol. The highest BCUT2D eigenvalue weighted by atomic mass is 16.3. The van der Waals surface area contributed by atoms with Crippen molar-refractivity contribution in [3.05, 3.63) is 5.82 Å². The van der Waals surface area contributed by atoms with Gasteiger partial charge in [0.05, 0.1) is 7.05 Å². The van der Waals surface area contributed by atoms with Crippen LogP contribution in [0.25, 0.3) is 0 Å². The third-order valence-corrected chi connectivity index (χ3v) is 1.68. The van der Waals surface area contributed by atoms with Crippen LogP contribution in [0.1, 0.15) is 26.1 Å². The van der Waals surface area contributed by atoms with Crippen LogP contribution in [-0.2, 0) is 12.6 Å². The standard InChI is InChI=1S/C6H12N4O/c1-4-6(2,11)5-7-9-10(3)8-5/h11H,4H2,1-3H3/t6-/m0/s1. The van der Waals surface area contributed by atoms with Crippen LogP contribution >= 0.6 is 0 Å². The number of aliphatic hydroxyl groups is 1. The summed E-state index contributed by atoms with van der Waals surface area (Å²) in [6, 6.07) is 0. The lowest BCUT2D eigenvalue weighted by atomic mass is 10.0. The average molecular weight is 156 g/mol. The first kappa shape index (κ1) is 8.13. The molecule has 0 bridgehead atoms. The van der Waals surface area contributed by atoms with Crippen LogP contribution in [-0.4, -0.2) is 25.3 Å². The molecule has 0 radical (unpaired) electrons. The van der Waals surface area contributed by atoms with Gasteiger partial charge in [-0.25, -0.2) is 0 Å². The summed E-state index contributed by atoms with van der Waals surface area (Å²) >= 11 is 0. The summed E-state index contributed by atoms with van der Waals surface area (Å²) in [5.41, 5.74) is -0.950. The molecule has 11 heavy (non-hydrogen) atoms. The van der Waals surface area contributed by atoms with Crippen LogP contribution in [0.2, 0.25) is 0 Å². The molecule has 62 valence electrons. The molecule has 0 aliphatic rings. The van der Waals surface area contributed by atoms with Gasteiger partial charge >= 0.3 is 0 Å². The smallest absolute Gasteiger partial charge is 0.205 e. The second kappa shape index (κ2) is 2.58. The van der Waals surface area contributed by atoms with Crippen molar-refractivity contribution in [3.8, 4) is 0 Å². The Hall–Kier alpha value is -0.970. The van der Waals surface area contributed by atoms with Crippen molar-refractivity contribution < 1.29 is 5.11 Å². The van der Waals surface area contributed by atoms with Crippen molar-refractivity contribution >= 4 is 0 Å². The Labute approximate surface area is 65.0 Å². The largest absolute Gasteiger partial charge is 0.382 e. The summed E-state index contributed by atoms with van der Waals surface area (Å²) in [7, 11) is 1.67. The summed E-state index contributed by atoms with van der Waals surface area (Å²) < 4.78 is 0. The van der Waals surface area contributed by atoms with E-state index in [1.54, 1.807) is 14.0 Å². The molecule has 1 aromatic rings. The third kappa shape index (κ3) is 1.54. The number of aromatic nitrogens is 4. The Bertz CT molecular complexity index is 242. The van der Waals surface area contributed by atoms with E-state index >= 15 is 0 Å². The van der Waals surface area contributed by atoms with Crippen LogP contribution < -0.4 is 0 Å². The van der Waals surface area contributed by atoms with Crippen LogP contribution in [0.15, 0.2) is 0 Å². The minimum absolute atomic E-state index is 0.377. The molecule has 0 fully saturated rings. The summed E-state index contributed by atoms with van der Waals surface area (Å²) in [6.07, 6.45) is 0.582. The molecule has 1 rings (SSSR count). The first-order valence-electron chi connectivity index (χ1n) is 3.53. The van der Waals surface area contributed by atoms with Crippen molar-refractivity contribution in [1.82, 2.24) is 20.2 Å². The van der Waals surface area contributed by atoms with Crippen LogP contribution in [0.4, 0.5) is 0 Å². The van der Waals surface area contributed by atoms with Crippen LogP contribution in [0.5, 0.6) is 0 Å². The SMILES string of the molecule is CC[C@](C)(O)c1nnn(C)n1. The summed E-state index contributed by atoms with van der Waals surface area (Å²) in [5, 5.41) is 20.9. The van der Waals surface area contributed by atoms with E-state index in [-0.39, 0.29) is 0 Å². The Balaban J connectivity index is 2.92. The monoisotopic (exact) mass is 156 g/mol. The molecule has 5 heteroatoms. The van der Waals surface area contributed by atoms with Gasteiger partial charge in [-0.15, -0.1) is 10.2 Å². The van der Waals surface area contributed by atoms with E-state index in [2.05, 4.69) is 15.4 Å². The van der Waals surface area contributed by atoms with Crippen LogP contribution in [0.3, 0.4) is 0 Å². The highest BCUT2D eigenvalue weighted by Crippen LogP contribution is 2.18. The van der Waals surface area contributed by atoms with Crippen molar-refractivity contribution in [2.75, 3.05) is 0 Å². The Kier molecular flexibility index (Phi) is 1.90. The second-order valence-corrected chi connectivity index (χ2v) is 2.73. The maximum absolute atomic E-state index is 9.63. The van der Waals surface area contributed by atoms with Gasteiger partial charge in [-0.05, 0) is 18.6 Å². The molecule has 0 saturated heterocycles. The van der Waals surface area contributed by atoms with E-state index in [4.69, 9.17) is 0 Å². The molecular formula is C6H12N4O. The van der Waals surface area contributed by atoms with Gasteiger partial charge in [0.25, 0.3) is 0 Å². The molecule has 1 aromatic heterocycles. The molecule has 5 nitrogen and oxygen atoms in total. The fourth-order valence-corrected chi connectivity index (χ4v) is 0.658. The van der Waals surface area contributed by atoms with Crippen molar-refractivity contribution in [2.45, 2.75) is 25.9 Å². The number of hydrogen-bond donors (Lipinski definition) is 1. The van der Waals surface area contributed by atoms with E-state index in [0.717, 1.165) is 0 Å². The minimum Gasteiger partial charge on any atom is -0.382 e. The van der Waals surface area contributed by atoms with Crippen molar-refractivity contribution in [3.63, 3.8) is 0 Å². The van der Waals surface area contributed by atoms with E-state index in [9.17, 15) is 5.11 Å². The van der Waals surface area contributed by atoms with Crippen molar-refractivity contribution in [1.29, 1.82) is 0 Å². The minimum atomic E-state index is -0.950. The fourth-order valence-electron chi connectivity index (χ4n) is 0.658. The van der Waals surface area contributed by atoms with Gasteiger partial charge in [-0.2, -0.15) is 4.80 Å². The molecule has 0 aliphatic carbocycles. The van der Waals surface area contributed by atoms with E-state index in [1.165, 1.54) is 4.80 Å². The topological polar surface area (TPSA) is 63.8 Å². The molecule has 0 saturated carbocycles. The fraction of sp³-hybridized carbons (Fsp3) is 0.833. The van der Waals surface area contributed by atoms with Gasteiger partial charge in [0.1, 0.15) is 5.60 Å². The number of rotatable bonds is 2. The maximum atomic E-state index is 9.63. The predicted molar refractivity (Wildman–Crippen MR) is 38.7 cm³/mol. The second-order valence-electron chi connectivity index (χ2n) is 2.73. The summed E-state index contributed by atoms with van der Waals surface area (Å²) in [5.74, 6) is 0.377. The quantitative estimate of drug-likeness (QED) is 0.645. The van der Waals surface area contributed by atoms with Gasteiger partial charge in [0, 0.05) is 0 Å². The van der Waals surface area contributed by atoms with E-state index in [0.29, 0.717) is 12.2 Å². The molecule has 1 atom stereocenters. The molecule has 0 aliphatic heterocycles. The molecule has 0 unspecified atom stereocenters. The average Bonchev–Trinajstić information content (AvgIpc) is 2.36. The first-order valence-corrected chi connectivity index (χ1v) is 3.53. The summed E-state index contributed by atoms with van der Waals surface area (Å²) in [6.45, 7) is 3.54. The van der Waals surface area contributed by atoms with Gasteiger partial charge in [-0.3, -0.25) is 0 Å². The highest BCUT2D eigenvalue weighted by Gasteiger charge is 2.25. The molecule has 1 heterocycles. The van der Waals surface area contributed by atoms with E-state index < -0.39 is 5.60 Å². The van der Waals surface area contributed by atoms with Crippen molar-refractivity contribution in [2.24, 2.45) is 7.05 Å². The van der Waals surface area contributed by atoms with Gasteiger partial charge in [-0.1, -0.05) is 6.92 Å². The normalized spacial score (nSPS) is 16.4. The lowest BCUT2D eigenvalue weighted by Crippen LogP contribution is -2.21. The maximum Gasteiger partial charge on any atom is 0.205 e. The zero-order chi connectivity index (χ0) is 8.48.